The summed E-state index contributed by atoms with van der Waals surface area (Å²) in [5, 5.41) is 3.96. The highest BCUT2D eigenvalue weighted by Gasteiger charge is 2.40. The van der Waals surface area contributed by atoms with Gasteiger partial charge in [-0.3, -0.25) is 9.55 Å². The fourth-order valence-corrected chi connectivity index (χ4v) is 5.16. The average Bonchev–Trinajstić information content (AvgIpc) is 3.55. The van der Waals surface area contributed by atoms with Crippen molar-refractivity contribution in [1.82, 2.24) is 24.8 Å². The van der Waals surface area contributed by atoms with Crippen molar-refractivity contribution in [3.8, 4) is 17.1 Å². The number of fused-ring (bicyclic) bond motifs is 1. The quantitative estimate of drug-likeness (QED) is 0.501. The third kappa shape index (κ3) is 3.24. The van der Waals surface area contributed by atoms with Gasteiger partial charge in [0.1, 0.15) is 23.0 Å². The van der Waals surface area contributed by atoms with E-state index in [-0.39, 0.29) is 5.82 Å². The molecule has 1 unspecified atom stereocenters. The highest BCUT2D eigenvalue weighted by molar-refractivity contribution is 6.30. The number of hydrogen-bond donors (Lipinski definition) is 1. The topological polar surface area (TPSA) is 58.9 Å². The normalized spacial score (nSPS) is 20.6. The Morgan fingerprint density at radius 3 is 2.72 bits per heavy atom. The molecule has 0 saturated carbocycles. The lowest BCUT2D eigenvalue weighted by atomic mass is 9.87. The van der Waals surface area contributed by atoms with Crippen molar-refractivity contribution >= 4 is 28.6 Å². The zero-order chi connectivity index (χ0) is 21.7. The van der Waals surface area contributed by atoms with Crippen molar-refractivity contribution in [2.24, 2.45) is 5.41 Å². The van der Waals surface area contributed by atoms with Gasteiger partial charge >= 0.3 is 0 Å². The fourth-order valence-electron chi connectivity index (χ4n) is 4.99. The van der Waals surface area contributed by atoms with Crippen LogP contribution in [-0.4, -0.2) is 45.7 Å². The number of nitrogens with zero attached hydrogens (tertiary/aromatic N) is 5. The van der Waals surface area contributed by atoms with Gasteiger partial charge in [-0.25, -0.2) is 14.4 Å². The molecule has 2 aliphatic rings. The van der Waals surface area contributed by atoms with Gasteiger partial charge in [0.05, 0.1) is 11.3 Å². The lowest BCUT2D eigenvalue weighted by molar-refractivity contribution is 0.369. The van der Waals surface area contributed by atoms with Gasteiger partial charge in [-0.15, -0.1) is 0 Å². The molecule has 0 aliphatic carbocycles. The molecule has 2 saturated heterocycles. The molecule has 0 amide bonds. The lowest BCUT2D eigenvalue weighted by Gasteiger charge is -2.23. The first-order valence-electron chi connectivity index (χ1n) is 10.8. The summed E-state index contributed by atoms with van der Waals surface area (Å²) < 4.78 is 16.7. The molecular formula is C24H22ClFN6. The Balaban J connectivity index is 1.51. The maximum Gasteiger partial charge on any atom is 0.167 e. The largest absolute Gasteiger partial charge is 0.356 e. The Labute approximate surface area is 190 Å². The second-order valence-corrected chi connectivity index (χ2v) is 9.15. The molecule has 6 rings (SSSR count). The van der Waals surface area contributed by atoms with E-state index in [1.165, 1.54) is 25.0 Å². The van der Waals surface area contributed by atoms with Crippen LogP contribution in [0.2, 0.25) is 5.02 Å². The van der Waals surface area contributed by atoms with E-state index in [1.54, 1.807) is 18.5 Å². The van der Waals surface area contributed by atoms with Crippen LogP contribution in [0.15, 0.2) is 54.9 Å². The molecule has 3 aromatic heterocycles. The molecular weight excluding hydrogens is 427 g/mol. The van der Waals surface area contributed by atoms with Crippen LogP contribution >= 0.6 is 11.6 Å². The number of benzene rings is 1. The lowest BCUT2D eigenvalue weighted by Crippen LogP contribution is -2.29. The molecule has 1 N–H and O–H groups in total. The summed E-state index contributed by atoms with van der Waals surface area (Å²) in [5.74, 6) is 1.01. The number of imidazole rings is 1. The first-order chi connectivity index (χ1) is 15.6. The van der Waals surface area contributed by atoms with Crippen molar-refractivity contribution in [2.75, 3.05) is 31.1 Å². The Kier molecular flexibility index (Phi) is 4.62. The van der Waals surface area contributed by atoms with Crippen LogP contribution in [-0.2, 0) is 0 Å². The maximum absolute atomic E-state index is 14.8. The molecule has 1 spiro atoms. The summed E-state index contributed by atoms with van der Waals surface area (Å²) in [6, 6.07) is 12.2. The number of hydrogen-bond acceptors (Lipinski definition) is 5. The van der Waals surface area contributed by atoms with E-state index in [1.807, 2.05) is 28.8 Å². The van der Waals surface area contributed by atoms with Gasteiger partial charge < -0.3 is 10.2 Å². The van der Waals surface area contributed by atoms with Crippen molar-refractivity contribution in [1.29, 1.82) is 0 Å². The first kappa shape index (κ1) is 19.6. The minimum atomic E-state index is -0.379. The Morgan fingerprint density at radius 1 is 1.03 bits per heavy atom. The van der Waals surface area contributed by atoms with E-state index in [0.29, 0.717) is 33.0 Å². The molecule has 2 aliphatic heterocycles. The molecule has 5 heterocycles. The highest BCUT2D eigenvalue weighted by atomic mass is 35.5. The molecule has 1 aromatic carbocycles. The van der Waals surface area contributed by atoms with E-state index >= 15 is 0 Å². The zero-order valence-electron chi connectivity index (χ0n) is 17.4. The van der Waals surface area contributed by atoms with Gasteiger partial charge in [-0.1, -0.05) is 11.6 Å². The molecule has 6 nitrogen and oxygen atoms in total. The molecule has 1 atom stereocenters. The molecule has 32 heavy (non-hydrogen) atoms. The second-order valence-electron chi connectivity index (χ2n) is 8.71. The fraction of sp³-hybridized carbons (Fsp3) is 0.292. The number of rotatable bonds is 3. The van der Waals surface area contributed by atoms with Crippen molar-refractivity contribution < 1.29 is 4.39 Å². The predicted octanol–water partition coefficient (Wildman–Crippen LogP) is 4.46. The maximum atomic E-state index is 14.8. The standard InChI is InChI=1S/C24H22ClFN6/c25-16-1-2-19(26)18(13-16)22-29-20-3-4-21(31-12-8-24(15-31)7-11-28-14-24)30-23(20)32(22)17-5-9-27-10-6-17/h1-6,9-10,13,28H,7-8,11-12,14-15H2. The van der Waals surface area contributed by atoms with E-state index in [0.717, 1.165) is 37.7 Å². The van der Waals surface area contributed by atoms with Gasteiger partial charge in [0.2, 0.25) is 0 Å². The van der Waals surface area contributed by atoms with Crippen LogP contribution in [0.5, 0.6) is 0 Å². The third-order valence-corrected chi connectivity index (χ3v) is 6.91. The average molecular weight is 449 g/mol. The SMILES string of the molecule is Fc1ccc(Cl)cc1-c1nc2ccc(N3CCC4(CCNC4)C3)nc2n1-c1ccncc1. The summed E-state index contributed by atoms with van der Waals surface area (Å²) in [6.07, 6.45) is 5.79. The van der Waals surface area contributed by atoms with Crippen molar-refractivity contribution in [2.45, 2.75) is 12.8 Å². The number of anilines is 1. The molecule has 0 bridgehead atoms. The summed E-state index contributed by atoms with van der Waals surface area (Å²) >= 11 is 6.19. The van der Waals surface area contributed by atoms with E-state index in [4.69, 9.17) is 21.6 Å². The number of pyridine rings is 2. The van der Waals surface area contributed by atoms with Crippen LogP contribution in [0, 0.1) is 11.2 Å². The smallest absolute Gasteiger partial charge is 0.167 e. The monoisotopic (exact) mass is 448 g/mol. The molecule has 4 aromatic rings. The highest BCUT2D eigenvalue weighted by Crippen LogP contribution is 2.38. The minimum Gasteiger partial charge on any atom is -0.356 e. The zero-order valence-corrected chi connectivity index (χ0v) is 18.2. The van der Waals surface area contributed by atoms with Crippen LogP contribution in [0.4, 0.5) is 10.2 Å². The summed E-state index contributed by atoms with van der Waals surface area (Å²) in [4.78, 5) is 16.3. The van der Waals surface area contributed by atoms with E-state index < -0.39 is 0 Å². The number of aromatic nitrogens is 4. The van der Waals surface area contributed by atoms with Crippen LogP contribution in [0.1, 0.15) is 12.8 Å². The first-order valence-corrected chi connectivity index (χ1v) is 11.2. The summed E-state index contributed by atoms with van der Waals surface area (Å²) in [6.45, 7) is 4.14. The van der Waals surface area contributed by atoms with Crippen molar-refractivity contribution in [3.05, 3.63) is 65.7 Å². The molecule has 162 valence electrons. The van der Waals surface area contributed by atoms with Gasteiger partial charge in [0.25, 0.3) is 0 Å². The van der Waals surface area contributed by atoms with E-state index in [9.17, 15) is 4.39 Å². The number of halogens is 2. The Morgan fingerprint density at radius 2 is 1.91 bits per heavy atom. The van der Waals surface area contributed by atoms with Gasteiger partial charge in [-0.05, 0) is 61.9 Å². The van der Waals surface area contributed by atoms with Gasteiger partial charge in [0, 0.05) is 42.5 Å². The van der Waals surface area contributed by atoms with Gasteiger partial charge in [-0.2, -0.15) is 0 Å². The molecule has 2 fully saturated rings. The van der Waals surface area contributed by atoms with Crippen molar-refractivity contribution in [3.63, 3.8) is 0 Å². The van der Waals surface area contributed by atoms with E-state index in [2.05, 4.69) is 15.2 Å². The molecule has 8 heteroatoms. The Bertz CT molecular complexity index is 1300. The van der Waals surface area contributed by atoms with Gasteiger partial charge in [0.15, 0.2) is 5.65 Å². The predicted molar refractivity (Wildman–Crippen MR) is 124 cm³/mol. The summed E-state index contributed by atoms with van der Waals surface area (Å²) in [5.41, 5.74) is 2.90. The molecule has 0 radical (unpaired) electrons. The summed E-state index contributed by atoms with van der Waals surface area (Å²) in [7, 11) is 0. The minimum absolute atomic E-state index is 0.339. The third-order valence-electron chi connectivity index (χ3n) is 6.67. The van der Waals surface area contributed by atoms with Crippen LogP contribution in [0.25, 0.3) is 28.2 Å². The number of nitrogens with one attached hydrogen (secondary N) is 1. The second kappa shape index (κ2) is 7.53. The van der Waals surface area contributed by atoms with Crippen LogP contribution < -0.4 is 10.2 Å². The van der Waals surface area contributed by atoms with Crippen LogP contribution in [0.3, 0.4) is 0 Å². The Hall–Kier alpha value is -3.03.